The number of carbonyl (C=O) groups excluding carboxylic acids is 1. The molecule has 1 aliphatic heterocycles. The molecule has 2 heterocycles. The van der Waals surface area contributed by atoms with E-state index in [9.17, 15) is 20.1 Å². The van der Waals surface area contributed by atoms with Crippen LogP contribution in [-0.2, 0) is 30.5 Å². The second kappa shape index (κ2) is 18.7. The van der Waals surface area contributed by atoms with Gasteiger partial charge in [0.25, 0.3) is 0 Å². The number of rotatable bonds is 20. The molecular weight excluding hydrogens is 689 g/mol. The molecule has 4 aromatic carbocycles. The summed E-state index contributed by atoms with van der Waals surface area (Å²) in [5, 5.41) is 35.5. The first-order valence-electron chi connectivity index (χ1n) is 19.3. The number of aliphatic hydroxyl groups is 1. The van der Waals surface area contributed by atoms with Crippen LogP contribution < -0.4 is 14.5 Å². The van der Waals surface area contributed by atoms with Crippen LogP contribution in [0.25, 0.3) is 10.8 Å². The molecule has 0 bridgehead atoms. The number of ketones is 1. The lowest BCUT2D eigenvalue weighted by Gasteiger charge is -2.26. The Morgan fingerprint density at radius 3 is 2.47 bits per heavy atom. The molecule has 8 nitrogen and oxygen atoms in total. The zero-order valence-corrected chi connectivity index (χ0v) is 32.1. The summed E-state index contributed by atoms with van der Waals surface area (Å²) in [6.07, 6.45) is 13.2. The van der Waals surface area contributed by atoms with Crippen LogP contribution in [0, 0.1) is 17.8 Å². The van der Waals surface area contributed by atoms with Crippen molar-refractivity contribution in [1.82, 2.24) is 4.98 Å². The second-order valence-electron chi connectivity index (χ2n) is 14.7. The summed E-state index contributed by atoms with van der Waals surface area (Å²) < 4.78 is 11.2. The molecule has 0 saturated carbocycles. The molecule has 0 amide bonds. The Balaban J connectivity index is 1.28. The highest BCUT2D eigenvalue weighted by Crippen LogP contribution is 2.38. The highest BCUT2D eigenvalue weighted by molar-refractivity contribution is 5.87. The molecular formula is C47H52N2O6. The van der Waals surface area contributed by atoms with Gasteiger partial charge >= 0.3 is 0 Å². The van der Waals surface area contributed by atoms with Gasteiger partial charge in [0.05, 0.1) is 33.2 Å². The van der Waals surface area contributed by atoms with Gasteiger partial charge in [-0.3, -0.25) is 4.79 Å². The molecule has 0 unspecified atom stereocenters. The topological polar surface area (TPSA) is 123 Å². The van der Waals surface area contributed by atoms with E-state index in [-0.39, 0.29) is 29.6 Å². The van der Waals surface area contributed by atoms with E-state index < -0.39 is 12.0 Å². The van der Waals surface area contributed by atoms with E-state index in [4.69, 9.17) is 9.47 Å². The van der Waals surface area contributed by atoms with Gasteiger partial charge in [-0.2, -0.15) is 12.4 Å². The van der Waals surface area contributed by atoms with E-state index in [0.29, 0.717) is 43.6 Å². The van der Waals surface area contributed by atoms with Crippen molar-refractivity contribution in [3.63, 3.8) is 0 Å². The number of phenolic OH excluding ortho intramolecular Hbond substituents is 2. The van der Waals surface area contributed by atoms with E-state index in [0.717, 1.165) is 75.9 Å². The fourth-order valence-electron chi connectivity index (χ4n) is 7.79. The quantitative estimate of drug-likeness (QED) is 0.0538. The number of aromatic hydroxyl groups is 2. The Labute approximate surface area is 324 Å². The first-order valence-corrected chi connectivity index (χ1v) is 19.3. The van der Waals surface area contributed by atoms with Crippen LogP contribution in [0.2, 0.25) is 0 Å². The SMILES string of the molecule is CCCCCC1=C[C+](C[C@@H](Cc2ccc(O)c(OC)c2)C(=O)C[C@@H](O)[C@H](Cc2cc[n-]c2)Cc2ccc(O)c(OC)c2Cc2cccc3ccccc23)C=N1. The summed E-state index contributed by atoms with van der Waals surface area (Å²) in [6.45, 7) is 2.18. The van der Waals surface area contributed by atoms with Gasteiger partial charge in [0, 0.05) is 24.3 Å². The number of nitrogens with zero attached hydrogens (tertiary/aromatic N) is 2. The Hall–Kier alpha value is -5.47. The van der Waals surface area contributed by atoms with Gasteiger partial charge in [-0.25, -0.2) is 0 Å². The summed E-state index contributed by atoms with van der Waals surface area (Å²) in [7, 11) is 3.07. The molecule has 1 aromatic heterocycles. The fourth-order valence-corrected chi connectivity index (χ4v) is 7.79. The molecule has 3 atom stereocenters. The van der Waals surface area contributed by atoms with Crippen LogP contribution in [0.3, 0.4) is 0 Å². The van der Waals surface area contributed by atoms with Crippen LogP contribution >= 0.6 is 0 Å². The minimum Gasteiger partial charge on any atom is -0.670 e. The van der Waals surface area contributed by atoms with Gasteiger partial charge in [-0.15, -0.1) is 4.99 Å². The highest BCUT2D eigenvalue weighted by atomic mass is 16.5. The maximum absolute atomic E-state index is 14.4. The molecule has 0 spiro atoms. The first kappa shape index (κ1) is 39.2. The van der Waals surface area contributed by atoms with Crippen LogP contribution in [-0.4, -0.2) is 47.6 Å². The van der Waals surface area contributed by atoms with E-state index in [1.807, 2.05) is 42.6 Å². The molecule has 0 saturated heterocycles. The smallest absolute Gasteiger partial charge is 0.175 e. The number of aliphatic imine (C=N–C) groups is 1. The average Bonchev–Trinajstić information content (AvgIpc) is 3.88. The summed E-state index contributed by atoms with van der Waals surface area (Å²) >= 11 is 0. The number of aliphatic hydroxyl groups excluding tert-OH is 1. The number of fused-ring (bicyclic) bond motifs is 1. The van der Waals surface area contributed by atoms with E-state index >= 15 is 0 Å². The number of aromatic nitrogens is 1. The predicted molar refractivity (Wildman–Crippen MR) is 218 cm³/mol. The highest BCUT2D eigenvalue weighted by Gasteiger charge is 2.33. The van der Waals surface area contributed by atoms with Gasteiger partial charge in [0.15, 0.2) is 28.7 Å². The Bertz CT molecular complexity index is 2100. The number of benzene rings is 4. The van der Waals surface area contributed by atoms with Crippen molar-refractivity contribution in [2.24, 2.45) is 16.8 Å². The van der Waals surface area contributed by atoms with Crippen molar-refractivity contribution in [2.75, 3.05) is 14.2 Å². The molecule has 55 heavy (non-hydrogen) atoms. The van der Waals surface area contributed by atoms with Gasteiger partial charge in [0.1, 0.15) is 24.0 Å². The zero-order chi connectivity index (χ0) is 38.7. The lowest BCUT2D eigenvalue weighted by molar-refractivity contribution is -0.125. The Morgan fingerprint density at radius 2 is 1.69 bits per heavy atom. The van der Waals surface area contributed by atoms with Crippen LogP contribution in [0.1, 0.15) is 73.3 Å². The summed E-state index contributed by atoms with van der Waals surface area (Å²) in [6, 6.07) is 25.1. The van der Waals surface area contributed by atoms with Crippen LogP contribution in [0.15, 0.2) is 108 Å². The number of carbonyl (C=O) groups is 1. The molecule has 0 radical (unpaired) electrons. The van der Waals surface area contributed by atoms with Crippen molar-refractivity contribution in [3.05, 3.63) is 137 Å². The third kappa shape index (κ3) is 9.99. The summed E-state index contributed by atoms with van der Waals surface area (Å²) in [5.74, 6) is 1.03. The van der Waals surface area contributed by atoms with E-state index in [1.165, 1.54) is 7.11 Å². The molecule has 0 fully saturated rings. The van der Waals surface area contributed by atoms with Gasteiger partial charge in [0.2, 0.25) is 0 Å². The Kier molecular flexibility index (Phi) is 13.4. The number of allylic oxidation sites excluding steroid dienone is 2. The minimum absolute atomic E-state index is 0.0376. The largest absolute Gasteiger partial charge is 0.670 e. The summed E-state index contributed by atoms with van der Waals surface area (Å²) in [4.78, 5) is 23.3. The minimum atomic E-state index is -0.966. The van der Waals surface area contributed by atoms with Crippen molar-refractivity contribution < 1.29 is 29.6 Å². The van der Waals surface area contributed by atoms with Crippen LogP contribution in [0.4, 0.5) is 0 Å². The zero-order valence-electron chi connectivity index (χ0n) is 32.1. The molecule has 5 aromatic rings. The fraction of sp³-hybridized carbons (Fsp3) is 0.340. The third-order valence-corrected chi connectivity index (χ3v) is 10.8. The number of phenols is 2. The van der Waals surface area contributed by atoms with Gasteiger partial charge in [-0.1, -0.05) is 86.0 Å². The van der Waals surface area contributed by atoms with Crippen LogP contribution in [0.5, 0.6) is 23.0 Å². The summed E-state index contributed by atoms with van der Waals surface area (Å²) in [5.41, 5.74) is 5.75. The average molecular weight is 741 g/mol. The lowest BCUT2D eigenvalue weighted by atomic mass is 9.80. The van der Waals surface area contributed by atoms with Gasteiger partial charge in [-0.05, 0) is 77.3 Å². The normalized spacial score (nSPS) is 14.2. The van der Waals surface area contributed by atoms with Gasteiger partial charge < -0.3 is 29.8 Å². The predicted octanol–water partition coefficient (Wildman–Crippen LogP) is 8.91. The maximum Gasteiger partial charge on any atom is 0.175 e. The second-order valence-corrected chi connectivity index (χ2v) is 14.7. The molecule has 1 aliphatic rings. The first-order chi connectivity index (χ1) is 26.8. The number of methoxy groups -OCH3 is 2. The number of hydrogen-bond acceptors (Lipinski definition) is 7. The number of ether oxygens (including phenoxy) is 2. The monoisotopic (exact) mass is 740 g/mol. The van der Waals surface area contributed by atoms with E-state index in [1.54, 1.807) is 37.7 Å². The number of hydrogen-bond donors (Lipinski definition) is 3. The molecule has 8 heteroatoms. The number of unbranched alkanes of at least 4 members (excludes halogenated alkanes) is 2. The standard InChI is InChI=1S/C47H52N2O6/c1-4-5-6-13-39-24-33(30-49-39)23-37(21-31-15-17-42(50)46(25-31)54-2)44(52)28-45(53)38(22-32-19-20-48-29-32)26-36-16-18-43(51)47(55-3)41(36)27-35-12-9-11-34-10-7-8-14-40(34)35/h7-12,14-20,24-25,29-30,37-38,45,50-51,53H,4-6,13,21-23,26-28H2,1-3H3/t37-,38-,45-/m1/s1. The van der Waals surface area contributed by atoms with E-state index in [2.05, 4.69) is 47.2 Å². The van der Waals surface area contributed by atoms with Crippen molar-refractivity contribution >= 4 is 22.8 Å². The van der Waals surface area contributed by atoms with Crippen molar-refractivity contribution in [3.8, 4) is 23.0 Å². The number of Topliss-reactive ketones (excluding diaryl/α,β-unsaturated/α-hetero) is 1. The van der Waals surface area contributed by atoms with Crippen molar-refractivity contribution in [1.29, 1.82) is 0 Å². The molecule has 286 valence electrons. The molecule has 6 rings (SSSR count). The lowest BCUT2D eigenvalue weighted by Crippen LogP contribution is -2.31. The Morgan fingerprint density at radius 1 is 0.873 bits per heavy atom. The molecule has 0 aliphatic carbocycles. The van der Waals surface area contributed by atoms with Crippen molar-refractivity contribution in [2.45, 2.75) is 77.2 Å². The molecule has 3 N–H and O–H groups in total. The maximum atomic E-state index is 14.4. The third-order valence-electron chi connectivity index (χ3n) is 10.8.